The van der Waals surface area contributed by atoms with Crippen LogP contribution in [-0.4, -0.2) is 32.7 Å². The Labute approximate surface area is 130 Å². The second-order valence-corrected chi connectivity index (χ2v) is 5.95. The van der Waals surface area contributed by atoms with Gasteiger partial charge in [-0.2, -0.15) is 0 Å². The number of hydrogen-bond acceptors (Lipinski definition) is 6. The van der Waals surface area contributed by atoms with Crippen molar-refractivity contribution in [3.05, 3.63) is 22.7 Å². The van der Waals surface area contributed by atoms with Crippen LogP contribution in [0.25, 0.3) is 0 Å². The van der Waals surface area contributed by atoms with E-state index in [-0.39, 0.29) is 11.9 Å². The van der Waals surface area contributed by atoms with Crippen LogP contribution in [0.1, 0.15) is 18.5 Å². The molecule has 2 N–H and O–H groups in total. The maximum absolute atomic E-state index is 12.0. The molecule has 1 aromatic carbocycles. The second-order valence-electron chi connectivity index (χ2n) is 4.54. The average Bonchev–Trinajstić information content (AvgIpc) is 2.97. The summed E-state index contributed by atoms with van der Waals surface area (Å²) in [6, 6.07) is 3.32. The molecule has 1 aromatic heterocycles. The van der Waals surface area contributed by atoms with Gasteiger partial charge in [-0.15, -0.1) is 5.10 Å². The van der Waals surface area contributed by atoms with Crippen LogP contribution in [0.5, 0.6) is 0 Å². The zero-order valence-electron chi connectivity index (χ0n) is 11.4. The Balaban J connectivity index is 1.94. The van der Waals surface area contributed by atoms with Crippen molar-refractivity contribution >= 4 is 35.0 Å². The summed E-state index contributed by atoms with van der Waals surface area (Å²) in [5.74, 6) is -0.0645. The molecule has 0 radical (unpaired) electrons. The van der Waals surface area contributed by atoms with Crippen LogP contribution in [0.2, 0.25) is 5.02 Å². The van der Waals surface area contributed by atoms with E-state index in [1.54, 1.807) is 11.7 Å². The van der Waals surface area contributed by atoms with Crippen molar-refractivity contribution in [2.24, 2.45) is 7.05 Å². The monoisotopic (exact) mass is 324 g/mol. The van der Waals surface area contributed by atoms with E-state index in [1.807, 2.05) is 19.1 Å². The largest absolute Gasteiger partial charge is 0.324 e. The summed E-state index contributed by atoms with van der Waals surface area (Å²) in [6.45, 7) is 2.66. The predicted octanol–water partition coefficient (Wildman–Crippen LogP) is 1.62. The summed E-state index contributed by atoms with van der Waals surface area (Å²) in [6.07, 6.45) is 0. The molecule has 1 amide bonds. The number of aryl methyl sites for hydroxylation is 1. The van der Waals surface area contributed by atoms with E-state index in [1.165, 1.54) is 11.8 Å². The molecule has 2 heterocycles. The molecule has 0 saturated carbocycles. The fourth-order valence-electron chi connectivity index (χ4n) is 2.15. The molecule has 110 valence electrons. The first-order chi connectivity index (χ1) is 10.1. The van der Waals surface area contributed by atoms with E-state index in [9.17, 15) is 4.79 Å². The van der Waals surface area contributed by atoms with Gasteiger partial charge < -0.3 is 10.6 Å². The molecule has 7 nitrogen and oxygen atoms in total. The minimum Gasteiger partial charge on any atom is -0.324 e. The number of nitrogens with one attached hydrogen (secondary N) is 2. The third-order valence-electron chi connectivity index (χ3n) is 3.13. The molecular formula is C12H13ClN6OS. The van der Waals surface area contributed by atoms with Crippen molar-refractivity contribution in [2.45, 2.75) is 23.0 Å². The number of nitrogens with zero attached hydrogens (tertiary/aromatic N) is 4. The Hall–Kier alpha value is -1.64. The number of carbonyl (C=O) groups excluding carboxylic acids is 1. The van der Waals surface area contributed by atoms with Gasteiger partial charge in [-0.05, 0) is 40.9 Å². The highest BCUT2D eigenvalue weighted by Crippen LogP contribution is 2.40. The number of tetrazole rings is 1. The van der Waals surface area contributed by atoms with Crippen LogP contribution in [0.4, 0.5) is 5.69 Å². The van der Waals surface area contributed by atoms with Gasteiger partial charge in [-0.25, -0.2) is 4.68 Å². The minimum absolute atomic E-state index is 0.0645. The molecule has 0 spiro atoms. The van der Waals surface area contributed by atoms with Gasteiger partial charge in [0, 0.05) is 23.2 Å². The molecule has 0 saturated heterocycles. The molecule has 1 aliphatic heterocycles. The third kappa shape index (κ3) is 2.61. The normalized spacial score (nSPS) is 16.9. The summed E-state index contributed by atoms with van der Waals surface area (Å²) >= 11 is 7.68. The first kappa shape index (κ1) is 14.3. The van der Waals surface area contributed by atoms with Crippen LogP contribution in [0, 0.1) is 0 Å². The Morgan fingerprint density at radius 3 is 3.00 bits per heavy atom. The van der Waals surface area contributed by atoms with Gasteiger partial charge >= 0.3 is 0 Å². The summed E-state index contributed by atoms with van der Waals surface area (Å²) in [5.41, 5.74) is 1.64. The Morgan fingerprint density at radius 1 is 1.52 bits per heavy atom. The van der Waals surface area contributed by atoms with Crippen molar-refractivity contribution in [3.63, 3.8) is 0 Å². The topological polar surface area (TPSA) is 84.7 Å². The molecule has 1 unspecified atom stereocenters. The average molecular weight is 325 g/mol. The van der Waals surface area contributed by atoms with Gasteiger partial charge in [0.2, 0.25) is 11.1 Å². The molecule has 3 rings (SSSR count). The second kappa shape index (κ2) is 5.63. The maximum atomic E-state index is 12.0. The number of halogens is 1. The lowest BCUT2D eigenvalue weighted by molar-refractivity contribution is -0.117. The lowest BCUT2D eigenvalue weighted by atomic mass is 10.1. The van der Waals surface area contributed by atoms with E-state index in [2.05, 4.69) is 26.2 Å². The number of hydrogen-bond donors (Lipinski definition) is 2. The van der Waals surface area contributed by atoms with Gasteiger partial charge in [-0.3, -0.25) is 4.79 Å². The van der Waals surface area contributed by atoms with Crippen LogP contribution >= 0.6 is 23.4 Å². The molecule has 21 heavy (non-hydrogen) atoms. The Kier molecular flexibility index (Phi) is 3.83. The number of anilines is 1. The first-order valence-corrected chi connectivity index (χ1v) is 7.57. The molecule has 0 aliphatic carbocycles. The Morgan fingerprint density at radius 2 is 2.33 bits per heavy atom. The highest BCUT2D eigenvalue weighted by Gasteiger charge is 2.31. The summed E-state index contributed by atoms with van der Waals surface area (Å²) in [5, 5.41) is 18.5. The number of rotatable bonds is 4. The molecular weight excluding hydrogens is 312 g/mol. The van der Waals surface area contributed by atoms with E-state index in [0.29, 0.717) is 16.7 Å². The zero-order valence-corrected chi connectivity index (χ0v) is 13.0. The molecule has 0 bridgehead atoms. The molecule has 9 heteroatoms. The highest BCUT2D eigenvalue weighted by atomic mass is 35.5. The van der Waals surface area contributed by atoms with Gasteiger partial charge in [-0.1, -0.05) is 18.5 Å². The number of benzene rings is 1. The highest BCUT2D eigenvalue weighted by molar-refractivity contribution is 7.99. The van der Waals surface area contributed by atoms with Crippen LogP contribution < -0.4 is 10.6 Å². The maximum Gasteiger partial charge on any atom is 0.246 e. The van der Waals surface area contributed by atoms with Crippen LogP contribution in [-0.2, 0) is 11.8 Å². The molecule has 0 fully saturated rings. The van der Waals surface area contributed by atoms with Crippen molar-refractivity contribution in [3.8, 4) is 0 Å². The van der Waals surface area contributed by atoms with Crippen molar-refractivity contribution in [1.82, 2.24) is 25.5 Å². The quantitative estimate of drug-likeness (QED) is 0.889. The van der Waals surface area contributed by atoms with Crippen LogP contribution in [0.3, 0.4) is 0 Å². The van der Waals surface area contributed by atoms with Gasteiger partial charge in [0.05, 0.1) is 5.02 Å². The third-order valence-corrected chi connectivity index (χ3v) is 4.64. The number of carbonyl (C=O) groups is 1. The van der Waals surface area contributed by atoms with Crippen LogP contribution in [0.15, 0.2) is 22.2 Å². The molecule has 1 atom stereocenters. The van der Waals surface area contributed by atoms with Gasteiger partial charge in [0.1, 0.15) is 6.04 Å². The number of aromatic nitrogens is 4. The van der Waals surface area contributed by atoms with Gasteiger partial charge in [0.25, 0.3) is 0 Å². The summed E-state index contributed by atoms with van der Waals surface area (Å²) in [4.78, 5) is 12.8. The molecule has 2 aromatic rings. The number of amides is 1. The van der Waals surface area contributed by atoms with Crippen molar-refractivity contribution < 1.29 is 4.79 Å². The molecule has 1 aliphatic rings. The predicted molar refractivity (Wildman–Crippen MR) is 79.4 cm³/mol. The smallest absolute Gasteiger partial charge is 0.246 e. The van der Waals surface area contributed by atoms with E-state index in [4.69, 9.17) is 11.6 Å². The lowest BCUT2D eigenvalue weighted by Gasteiger charge is -2.10. The Bertz CT molecular complexity index is 703. The summed E-state index contributed by atoms with van der Waals surface area (Å²) < 4.78 is 1.56. The zero-order chi connectivity index (χ0) is 15.0. The fourth-order valence-corrected chi connectivity index (χ4v) is 3.22. The van der Waals surface area contributed by atoms with Crippen molar-refractivity contribution in [2.75, 3.05) is 11.9 Å². The first-order valence-electron chi connectivity index (χ1n) is 6.38. The fraction of sp³-hybridized carbons (Fsp3) is 0.333. The van der Waals surface area contributed by atoms with Crippen molar-refractivity contribution in [1.29, 1.82) is 0 Å². The van der Waals surface area contributed by atoms with E-state index in [0.717, 1.165) is 16.1 Å². The standard InChI is InChI=1S/C12H13ClN6OS/c1-3-14-10-6-4-7(13)9(5-8(6)15-11(10)20)21-12-16-17-18-19(12)2/h4-5,10,14H,3H2,1-2H3,(H,15,20). The van der Waals surface area contributed by atoms with E-state index < -0.39 is 0 Å². The number of fused-ring (bicyclic) bond motifs is 1. The lowest BCUT2D eigenvalue weighted by Crippen LogP contribution is -2.27. The van der Waals surface area contributed by atoms with E-state index >= 15 is 0 Å². The summed E-state index contributed by atoms with van der Waals surface area (Å²) in [7, 11) is 1.76. The van der Waals surface area contributed by atoms with Gasteiger partial charge in [0.15, 0.2) is 0 Å². The SMILES string of the molecule is CCNC1C(=O)Nc2cc(Sc3nnnn3C)c(Cl)cc21. The number of likely N-dealkylation sites (N-methyl/N-ethyl adjacent to an activating group) is 1. The minimum atomic E-state index is -0.349.